The zero-order valence-electron chi connectivity index (χ0n) is 16.4. The van der Waals surface area contributed by atoms with Gasteiger partial charge in [-0.2, -0.15) is 0 Å². The SMILES string of the molecule is Cc1nc2ccc(-c3nncn3-c3c(C(C)C)cccc3C(C)C)cc2s1. The minimum atomic E-state index is 0.417. The van der Waals surface area contributed by atoms with E-state index >= 15 is 0 Å². The number of hydrogen-bond donors (Lipinski definition) is 0. The van der Waals surface area contributed by atoms with E-state index in [1.807, 2.05) is 13.3 Å². The van der Waals surface area contributed by atoms with Crippen molar-refractivity contribution in [3.8, 4) is 17.1 Å². The van der Waals surface area contributed by atoms with Gasteiger partial charge in [0.2, 0.25) is 0 Å². The van der Waals surface area contributed by atoms with Crippen molar-refractivity contribution in [2.45, 2.75) is 46.5 Å². The minimum absolute atomic E-state index is 0.417. The van der Waals surface area contributed by atoms with Crippen LogP contribution in [0.2, 0.25) is 0 Å². The second-order valence-corrected chi connectivity index (χ2v) is 8.77. The molecule has 0 radical (unpaired) electrons. The fourth-order valence-corrected chi connectivity index (χ4v) is 4.43. The monoisotopic (exact) mass is 376 g/mol. The third-order valence-electron chi connectivity index (χ3n) is 4.88. The Morgan fingerprint density at radius 1 is 0.963 bits per heavy atom. The molecule has 4 nitrogen and oxygen atoms in total. The Bertz CT molecular complexity index is 1080. The molecule has 0 N–H and O–H groups in total. The standard InChI is InChI=1S/C22H24N4S/c1-13(2)17-7-6-8-18(14(3)4)21(17)26-12-23-25-22(26)16-9-10-19-20(11-16)27-15(5)24-19/h6-14H,1-5H3. The van der Waals surface area contributed by atoms with E-state index in [0.717, 1.165) is 21.9 Å². The van der Waals surface area contributed by atoms with Gasteiger partial charge in [0.25, 0.3) is 0 Å². The summed E-state index contributed by atoms with van der Waals surface area (Å²) in [5.74, 6) is 1.71. The molecule has 4 rings (SSSR count). The van der Waals surface area contributed by atoms with Crippen molar-refractivity contribution in [2.75, 3.05) is 0 Å². The number of rotatable bonds is 4. The molecule has 0 aliphatic rings. The first-order valence-corrected chi connectivity index (χ1v) is 10.2. The smallest absolute Gasteiger partial charge is 0.168 e. The molecule has 0 saturated heterocycles. The summed E-state index contributed by atoms with van der Waals surface area (Å²) in [5, 5.41) is 9.82. The molecule has 0 bridgehead atoms. The Morgan fingerprint density at radius 3 is 2.33 bits per heavy atom. The van der Waals surface area contributed by atoms with Crippen molar-refractivity contribution in [1.82, 2.24) is 19.7 Å². The molecule has 0 unspecified atom stereocenters. The molecule has 27 heavy (non-hydrogen) atoms. The minimum Gasteiger partial charge on any atom is -0.281 e. The van der Waals surface area contributed by atoms with E-state index in [4.69, 9.17) is 0 Å². The quantitative estimate of drug-likeness (QED) is 0.432. The molecule has 2 aromatic carbocycles. The van der Waals surface area contributed by atoms with E-state index in [-0.39, 0.29) is 0 Å². The molecule has 2 heterocycles. The summed E-state index contributed by atoms with van der Waals surface area (Å²) in [5.41, 5.74) is 5.95. The summed E-state index contributed by atoms with van der Waals surface area (Å²) in [6, 6.07) is 12.9. The van der Waals surface area contributed by atoms with Gasteiger partial charge in [-0.15, -0.1) is 21.5 Å². The highest BCUT2D eigenvalue weighted by molar-refractivity contribution is 7.18. The first kappa shape index (κ1) is 17.9. The Labute approximate surface area is 163 Å². The summed E-state index contributed by atoms with van der Waals surface area (Å²) >= 11 is 1.71. The number of nitrogens with zero attached hydrogens (tertiary/aromatic N) is 4. The van der Waals surface area contributed by atoms with Gasteiger partial charge in [0, 0.05) is 5.56 Å². The molecule has 0 fully saturated rings. The van der Waals surface area contributed by atoms with Crippen molar-refractivity contribution in [3.05, 3.63) is 58.9 Å². The lowest BCUT2D eigenvalue weighted by Crippen LogP contribution is -2.07. The van der Waals surface area contributed by atoms with Crippen LogP contribution in [0.3, 0.4) is 0 Å². The van der Waals surface area contributed by atoms with Gasteiger partial charge in [-0.25, -0.2) is 4.98 Å². The molecule has 0 saturated carbocycles. The molecule has 0 atom stereocenters. The van der Waals surface area contributed by atoms with E-state index in [1.54, 1.807) is 11.3 Å². The molecule has 0 aliphatic heterocycles. The number of benzene rings is 2. The number of thiazole rings is 1. The average Bonchev–Trinajstić information content (AvgIpc) is 3.25. The van der Waals surface area contributed by atoms with Crippen molar-refractivity contribution in [2.24, 2.45) is 0 Å². The number of aryl methyl sites for hydroxylation is 1. The normalized spacial score (nSPS) is 11.8. The molecule has 138 valence electrons. The van der Waals surface area contributed by atoms with Gasteiger partial charge in [0.1, 0.15) is 6.33 Å². The summed E-state index contributed by atoms with van der Waals surface area (Å²) in [4.78, 5) is 4.57. The van der Waals surface area contributed by atoms with E-state index in [0.29, 0.717) is 11.8 Å². The molecule has 0 spiro atoms. The first-order chi connectivity index (χ1) is 13.0. The van der Waals surface area contributed by atoms with Gasteiger partial charge in [-0.1, -0.05) is 45.9 Å². The summed E-state index contributed by atoms with van der Waals surface area (Å²) in [7, 11) is 0. The Morgan fingerprint density at radius 2 is 1.67 bits per heavy atom. The summed E-state index contributed by atoms with van der Waals surface area (Å²) < 4.78 is 3.33. The van der Waals surface area contributed by atoms with Crippen LogP contribution >= 0.6 is 11.3 Å². The molecular formula is C22H24N4S. The van der Waals surface area contributed by atoms with Crippen molar-refractivity contribution in [1.29, 1.82) is 0 Å². The van der Waals surface area contributed by atoms with Crippen LogP contribution in [0, 0.1) is 6.92 Å². The van der Waals surface area contributed by atoms with Crippen LogP contribution in [0.4, 0.5) is 0 Å². The first-order valence-electron chi connectivity index (χ1n) is 9.36. The Hall–Kier alpha value is -2.53. The van der Waals surface area contributed by atoms with Gasteiger partial charge >= 0.3 is 0 Å². The van der Waals surface area contributed by atoms with E-state index in [2.05, 4.69) is 83.8 Å². The second kappa shape index (κ2) is 6.89. The van der Waals surface area contributed by atoms with Crippen LogP contribution in [-0.2, 0) is 0 Å². The zero-order valence-corrected chi connectivity index (χ0v) is 17.2. The molecule has 4 aromatic rings. The van der Waals surface area contributed by atoms with Gasteiger partial charge in [0.05, 0.1) is 20.9 Å². The zero-order chi connectivity index (χ0) is 19.1. The van der Waals surface area contributed by atoms with E-state index in [9.17, 15) is 0 Å². The largest absolute Gasteiger partial charge is 0.281 e. The molecule has 2 aromatic heterocycles. The highest BCUT2D eigenvalue weighted by Crippen LogP contribution is 2.34. The van der Waals surface area contributed by atoms with Crippen LogP contribution < -0.4 is 0 Å². The van der Waals surface area contributed by atoms with Gasteiger partial charge in [0.15, 0.2) is 5.82 Å². The van der Waals surface area contributed by atoms with Crippen LogP contribution in [-0.4, -0.2) is 19.7 Å². The van der Waals surface area contributed by atoms with Gasteiger partial charge in [-0.05, 0) is 48.1 Å². The number of fused-ring (bicyclic) bond motifs is 1. The highest BCUT2D eigenvalue weighted by atomic mass is 32.1. The van der Waals surface area contributed by atoms with E-state index < -0.39 is 0 Å². The van der Waals surface area contributed by atoms with E-state index in [1.165, 1.54) is 21.5 Å². The lowest BCUT2D eigenvalue weighted by Gasteiger charge is -2.21. The predicted octanol–water partition coefficient (Wildman–Crippen LogP) is 6.10. The second-order valence-electron chi connectivity index (χ2n) is 7.53. The number of aromatic nitrogens is 4. The van der Waals surface area contributed by atoms with Crippen molar-refractivity contribution >= 4 is 21.6 Å². The van der Waals surface area contributed by atoms with Crippen LogP contribution in [0.1, 0.15) is 55.7 Å². The molecule has 0 aliphatic carbocycles. The highest BCUT2D eigenvalue weighted by Gasteiger charge is 2.19. The Balaban J connectivity index is 1.94. The number of hydrogen-bond acceptors (Lipinski definition) is 4. The summed E-state index contributed by atoms with van der Waals surface area (Å²) in [6.07, 6.45) is 1.84. The molecule has 0 amide bonds. The van der Waals surface area contributed by atoms with Crippen LogP contribution in [0.15, 0.2) is 42.7 Å². The van der Waals surface area contributed by atoms with Gasteiger partial charge in [-0.3, -0.25) is 4.57 Å². The third kappa shape index (κ3) is 3.16. The fourth-order valence-electron chi connectivity index (χ4n) is 3.56. The average molecular weight is 377 g/mol. The Kier molecular flexibility index (Phi) is 4.56. The third-order valence-corrected chi connectivity index (χ3v) is 5.82. The lowest BCUT2D eigenvalue weighted by molar-refractivity contribution is 0.806. The fraction of sp³-hybridized carbons (Fsp3) is 0.318. The molecular weight excluding hydrogens is 352 g/mol. The molecule has 5 heteroatoms. The maximum Gasteiger partial charge on any atom is 0.168 e. The van der Waals surface area contributed by atoms with Gasteiger partial charge < -0.3 is 0 Å². The topological polar surface area (TPSA) is 43.6 Å². The maximum absolute atomic E-state index is 4.57. The number of para-hydroxylation sites is 1. The van der Waals surface area contributed by atoms with Crippen LogP contribution in [0.25, 0.3) is 27.3 Å². The van der Waals surface area contributed by atoms with Crippen molar-refractivity contribution in [3.63, 3.8) is 0 Å². The lowest BCUT2D eigenvalue weighted by atomic mass is 9.92. The summed E-state index contributed by atoms with van der Waals surface area (Å²) in [6.45, 7) is 11.0. The predicted molar refractivity (Wildman–Crippen MR) is 113 cm³/mol. The maximum atomic E-state index is 4.57. The van der Waals surface area contributed by atoms with Crippen molar-refractivity contribution < 1.29 is 0 Å². The van der Waals surface area contributed by atoms with Crippen LogP contribution in [0.5, 0.6) is 0 Å².